The Hall–Kier alpha value is -1.91. The molecule has 0 aliphatic carbocycles. The molecule has 0 N–H and O–H groups in total. The third-order valence-electron chi connectivity index (χ3n) is 4.81. The predicted octanol–water partition coefficient (Wildman–Crippen LogP) is 3.85. The highest BCUT2D eigenvalue weighted by Gasteiger charge is 2.40. The first kappa shape index (κ1) is 19.4. The molecular formula is C20H30N2O3. The van der Waals surface area contributed by atoms with Crippen molar-refractivity contribution in [1.29, 1.82) is 0 Å². The molecule has 2 heterocycles. The quantitative estimate of drug-likeness (QED) is 0.554. The Balaban J connectivity index is 2.53. The van der Waals surface area contributed by atoms with E-state index in [0.29, 0.717) is 23.8 Å². The highest BCUT2D eigenvalue weighted by molar-refractivity contribution is 6.14. The van der Waals surface area contributed by atoms with Gasteiger partial charge in [0, 0.05) is 18.3 Å². The lowest BCUT2D eigenvalue weighted by Crippen LogP contribution is -2.48. The van der Waals surface area contributed by atoms with E-state index in [1.165, 1.54) is 0 Å². The van der Waals surface area contributed by atoms with Crippen molar-refractivity contribution in [2.24, 2.45) is 5.92 Å². The van der Waals surface area contributed by atoms with E-state index in [2.05, 4.69) is 23.7 Å². The molecular weight excluding hydrogens is 316 g/mol. The third kappa shape index (κ3) is 4.02. The molecule has 0 amide bonds. The predicted molar refractivity (Wildman–Crippen MR) is 99.1 cm³/mol. The number of rotatable bonds is 7. The van der Waals surface area contributed by atoms with Gasteiger partial charge in [0.05, 0.1) is 23.6 Å². The molecule has 0 bridgehead atoms. The number of aryl methyl sites for hydroxylation is 2. The van der Waals surface area contributed by atoms with Crippen LogP contribution in [0.2, 0.25) is 0 Å². The van der Waals surface area contributed by atoms with Gasteiger partial charge in [-0.25, -0.2) is 0 Å². The number of anilines is 1. The van der Waals surface area contributed by atoms with E-state index >= 15 is 0 Å². The maximum Gasteiger partial charge on any atom is 0.318 e. The van der Waals surface area contributed by atoms with Gasteiger partial charge in [-0.15, -0.1) is 0 Å². The summed E-state index contributed by atoms with van der Waals surface area (Å²) < 4.78 is 5.17. The zero-order chi connectivity index (χ0) is 18.6. The van der Waals surface area contributed by atoms with Crippen molar-refractivity contribution in [3.05, 3.63) is 23.0 Å². The van der Waals surface area contributed by atoms with E-state index in [-0.39, 0.29) is 12.4 Å². The van der Waals surface area contributed by atoms with Gasteiger partial charge in [-0.2, -0.15) is 0 Å². The van der Waals surface area contributed by atoms with E-state index in [9.17, 15) is 9.59 Å². The van der Waals surface area contributed by atoms with Gasteiger partial charge in [-0.1, -0.05) is 26.7 Å². The molecule has 1 unspecified atom stereocenters. The van der Waals surface area contributed by atoms with Gasteiger partial charge >= 0.3 is 5.97 Å². The van der Waals surface area contributed by atoms with Crippen molar-refractivity contribution in [2.45, 2.75) is 66.3 Å². The van der Waals surface area contributed by atoms with Crippen LogP contribution < -0.4 is 4.90 Å². The number of hydrogen-bond donors (Lipinski definition) is 0. The maximum absolute atomic E-state index is 13.0. The second-order valence-corrected chi connectivity index (χ2v) is 6.80. The highest BCUT2D eigenvalue weighted by Crippen LogP contribution is 2.35. The first-order valence-electron chi connectivity index (χ1n) is 9.40. The average Bonchev–Trinajstić information content (AvgIpc) is 2.54. The molecule has 138 valence electrons. The summed E-state index contributed by atoms with van der Waals surface area (Å²) in [7, 11) is 0. The second kappa shape index (κ2) is 8.45. The number of carbonyl (C=O) groups is 2. The van der Waals surface area contributed by atoms with Gasteiger partial charge in [0.1, 0.15) is 5.92 Å². The van der Waals surface area contributed by atoms with E-state index in [1.807, 2.05) is 19.9 Å². The average molecular weight is 346 g/mol. The maximum atomic E-state index is 13.0. The van der Waals surface area contributed by atoms with Crippen LogP contribution in [0.5, 0.6) is 0 Å². The van der Waals surface area contributed by atoms with Crippen molar-refractivity contribution in [2.75, 3.05) is 18.1 Å². The van der Waals surface area contributed by atoms with Crippen molar-refractivity contribution >= 4 is 17.4 Å². The van der Waals surface area contributed by atoms with Crippen LogP contribution in [0.15, 0.2) is 6.07 Å². The van der Waals surface area contributed by atoms with E-state index in [1.54, 1.807) is 6.92 Å². The van der Waals surface area contributed by atoms with E-state index < -0.39 is 11.9 Å². The molecule has 1 aromatic rings. The van der Waals surface area contributed by atoms with Crippen LogP contribution in [0, 0.1) is 19.8 Å². The summed E-state index contributed by atoms with van der Waals surface area (Å²) in [5.74, 6) is -1.33. The van der Waals surface area contributed by atoms with Crippen LogP contribution in [0.25, 0.3) is 0 Å². The molecule has 0 saturated heterocycles. The smallest absolute Gasteiger partial charge is 0.318 e. The monoisotopic (exact) mass is 346 g/mol. The van der Waals surface area contributed by atoms with Crippen molar-refractivity contribution in [1.82, 2.24) is 4.98 Å². The first-order valence-corrected chi connectivity index (χ1v) is 9.40. The Morgan fingerprint density at radius 3 is 2.48 bits per heavy atom. The number of ketones is 1. The number of esters is 1. The molecule has 5 heteroatoms. The van der Waals surface area contributed by atoms with Crippen molar-refractivity contribution in [3.8, 4) is 0 Å². The van der Waals surface area contributed by atoms with E-state index in [4.69, 9.17) is 4.74 Å². The van der Waals surface area contributed by atoms with Crippen LogP contribution in [0.1, 0.15) is 68.2 Å². The topological polar surface area (TPSA) is 59.5 Å². The molecule has 0 aromatic carbocycles. The van der Waals surface area contributed by atoms with Crippen molar-refractivity contribution in [3.63, 3.8) is 0 Å². The van der Waals surface area contributed by atoms with E-state index in [0.717, 1.165) is 37.1 Å². The Morgan fingerprint density at radius 1 is 1.28 bits per heavy atom. The number of nitrogens with zero attached hydrogens (tertiary/aromatic N) is 2. The number of aromatic nitrogens is 1. The standard InChI is InChI=1S/C20H30N2O3/c1-6-9-15(10-7-2)22-12-16(20(24)25-8-3)19(23)18-14(5)21-13(4)11-17(18)22/h11,15-16H,6-10,12H2,1-5H3. The Labute approximate surface area is 150 Å². The summed E-state index contributed by atoms with van der Waals surface area (Å²) in [6.45, 7) is 10.6. The minimum atomic E-state index is -0.758. The lowest BCUT2D eigenvalue weighted by molar-refractivity contribution is -0.146. The molecule has 25 heavy (non-hydrogen) atoms. The number of ether oxygens (including phenoxy) is 1. The van der Waals surface area contributed by atoms with Gasteiger partial charge in [-0.05, 0) is 39.7 Å². The minimum absolute atomic E-state index is 0.151. The number of hydrogen-bond acceptors (Lipinski definition) is 5. The summed E-state index contributed by atoms with van der Waals surface area (Å²) in [4.78, 5) is 32.1. The number of Topliss-reactive ketones (excluding diaryl/α,β-unsaturated/α-hetero) is 1. The van der Waals surface area contributed by atoms with Crippen LogP contribution in [0.4, 0.5) is 5.69 Å². The second-order valence-electron chi connectivity index (χ2n) is 6.80. The van der Waals surface area contributed by atoms with Crippen LogP contribution in [-0.2, 0) is 9.53 Å². The van der Waals surface area contributed by atoms with Gasteiger partial charge in [0.2, 0.25) is 0 Å². The zero-order valence-electron chi connectivity index (χ0n) is 16.1. The molecule has 1 atom stereocenters. The minimum Gasteiger partial charge on any atom is -0.465 e. The fraction of sp³-hybridized carbons (Fsp3) is 0.650. The third-order valence-corrected chi connectivity index (χ3v) is 4.81. The molecule has 2 rings (SSSR count). The summed E-state index contributed by atoms with van der Waals surface area (Å²) in [6, 6.07) is 2.31. The molecule has 1 aliphatic heterocycles. The van der Waals surface area contributed by atoms with Crippen molar-refractivity contribution < 1.29 is 14.3 Å². The SMILES string of the molecule is CCCC(CCC)N1CC(C(=O)OCC)C(=O)c2c1cc(C)nc2C. The fourth-order valence-corrected chi connectivity index (χ4v) is 3.78. The molecule has 1 aliphatic rings. The number of fused-ring (bicyclic) bond motifs is 1. The molecule has 0 spiro atoms. The Morgan fingerprint density at radius 2 is 1.92 bits per heavy atom. The summed E-state index contributed by atoms with van der Waals surface area (Å²) in [5, 5.41) is 0. The van der Waals surface area contributed by atoms with Gasteiger partial charge in [0.15, 0.2) is 5.78 Å². The largest absolute Gasteiger partial charge is 0.465 e. The molecule has 0 fully saturated rings. The van der Waals surface area contributed by atoms with Crippen LogP contribution >= 0.6 is 0 Å². The lowest BCUT2D eigenvalue weighted by Gasteiger charge is -2.40. The highest BCUT2D eigenvalue weighted by atomic mass is 16.5. The molecule has 0 radical (unpaired) electrons. The summed E-state index contributed by atoms with van der Waals surface area (Å²) >= 11 is 0. The lowest BCUT2D eigenvalue weighted by atomic mass is 9.87. The molecule has 5 nitrogen and oxygen atoms in total. The fourth-order valence-electron chi connectivity index (χ4n) is 3.78. The first-order chi connectivity index (χ1) is 11.9. The van der Waals surface area contributed by atoms with Gasteiger partial charge in [0.25, 0.3) is 0 Å². The zero-order valence-corrected chi connectivity index (χ0v) is 16.1. The van der Waals surface area contributed by atoms with Gasteiger partial charge in [-0.3, -0.25) is 14.6 Å². The summed E-state index contributed by atoms with van der Waals surface area (Å²) in [5.41, 5.74) is 3.12. The van der Waals surface area contributed by atoms with Crippen LogP contribution in [-0.4, -0.2) is 35.9 Å². The number of carbonyl (C=O) groups excluding carboxylic acids is 2. The normalized spacial score (nSPS) is 17.0. The van der Waals surface area contributed by atoms with Gasteiger partial charge < -0.3 is 9.64 Å². The Kier molecular flexibility index (Phi) is 6.57. The molecule has 1 aromatic heterocycles. The Bertz CT molecular complexity index is 636. The summed E-state index contributed by atoms with van der Waals surface area (Å²) in [6.07, 6.45) is 4.21. The number of pyridine rings is 1. The molecule has 0 saturated carbocycles. The van der Waals surface area contributed by atoms with Crippen LogP contribution in [0.3, 0.4) is 0 Å².